The van der Waals surface area contributed by atoms with Crippen molar-refractivity contribution in [2.24, 2.45) is 11.8 Å². The largest absolute Gasteiger partial charge is 0.178 e. The lowest BCUT2D eigenvalue weighted by molar-refractivity contribution is 0.266. The molecule has 3 aromatic heterocycles. The van der Waals surface area contributed by atoms with E-state index >= 15 is 0 Å². The van der Waals surface area contributed by atoms with Gasteiger partial charge in [0.25, 0.3) is 0 Å². The van der Waals surface area contributed by atoms with Crippen molar-refractivity contribution in [3.63, 3.8) is 0 Å². The molecule has 5 rings (SSSR count). The van der Waals surface area contributed by atoms with Crippen LogP contribution in [0.2, 0.25) is 0 Å². The third-order valence-corrected chi connectivity index (χ3v) is 12.8. The summed E-state index contributed by atoms with van der Waals surface area (Å²) in [6.45, 7) is 14.3. The lowest BCUT2D eigenvalue weighted by Crippen LogP contribution is -2.31. The van der Waals surface area contributed by atoms with Crippen LogP contribution < -0.4 is 0 Å². The first-order valence-electron chi connectivity index (χ1n) is 15.5. The van der Waals surface area contributed by atoms with E-state index in [4.69, 9.17) is 8.75 Å². The molecule has 4 unspecified atom stereocenters. The minimum absolute atomic E-state index is 0.179. The van der Waals surface area contributed by atoms with Gasteiger partial charge in [-0.1, -0.05) is 86.0 Å². The summed E-state index contributed by atoms with van der Waals surface area (Å²) >= 11 is 5.59. The normalized spacial score (nSPS) is 23.7. The standard InChI is InChI=1S/C33H48N2S3/c1-7-11-13-23(9-3)19-33(20-24(10-4)14-12-8-2)26-17-22(6)36-31(26)32-27(33)18-28(37-32)25-16-15-21(5)29-30(25)35-38-34-29/h17-18,21,23-25H,7-16,19-20H2,1-6H3. The van der Waals surface area contributed by atoms with Gasteiger partial charge in [-0.25, -0.2) is 0 Å². The molecular formula is C33H48N2S3. The lowest BCUT2D eigenvalue weighted by Gasteiger charge is -2.38. The summed E-state index contributed by atoms with van der Waals surface area (Å²) < 4.78 is 9.60. The van der Waals surface area contributed by atoms with Gasteiger partial charge in [-0.15, -0.1) is 22.7 Å². The summed E-state index contributed by atoms with van der Waals surface area (Å²) in [6.07, 6.45) is 15.8. The molecule has 0 spiro atoms. The molecule has 0 aliphatic heterocycles. The SMILES string of the molecule is CCCCC(CC)CC1(CC(CC)CCCC)c2cc(C)sc2-c2sc(C3CCC(C)c4nsnc43)cc21. The van der Waals surface area contributed by atoms with E-state index in [2.05, 4.69) is 76.3 Å². The first-order valence-corrected chi connectivity index (χ1v) is 17.9. The number of rotatable bonds is 13. The van der Waals surface area contributed by atoms with Crippen LogP contribution in [-0.4, -0.2) is 8.75 Å². The van der Waals surface area contributed by atoms with Crippen LogP contribution in [0.3, 0.4) is 0 Å². The molecule has 38 heavy (non-hydrogen) atoms. The van der Waals surface area contributed by atoms with Crippen LogP contribution in [0.4, 0.5) is 0 Å². The molecule has 0 amide bonds. The van der Waals surface area contributed by atoms with Crippen molar-refractivity contribution in [3.05, 3.63) is 44.4 Å². The fourth-order valence-corrected chi connectivity index (χ4v) is 10.8. The fraction of sp³-hybridized carbons (Fsp3) is 0.697. The summed E-state index contributed by atoms with van der Waals surface area (Å²) in [6, 6.07) is 5.28. The molecule has 0 N–H and O–H groups in total. The van der Waals surface area contributed by atoms with Gasteiger partial charge < -0.3 is 0 Å². The zero-order valence-electron chi connectivity index (χ0n) is 24.6. The third kappa shape index (κ3) is 5.21. The van der Waals surface area contributed by atoms with Gasteiger partial charge in [0.2, 0.25) is 0 Å². The van der Waals surface area contributed by atoms with Crippen LogP contribution in [0, 0.1) is 18.8 Å². The number of fused-ring (bicyclic) bond motifs is 4. The molecule has 2 nitrogen and oxygen atoms in total. The van der Waals surface area contributed by atoms with E-state index in [1.807, 2.05) is 0 Å². The number of hydrogen-bond acceptors (Lipinski definition) is 5. The van der Waals surface area contributed by atoms with Crippen LogP contribution in [-0.2, 0) is 5.41 Å². The molecule has 0 fully saturated rings. The molecule has 0 radical (unpaired) electrons. The maximum absolute atomic E-state index is 4.86. The second kappa shape index (κ2) is 12.2. The Morgan fingerprint density at radius 1 is 0.842 bits per heavy atom. The van der Waals surface area contributed by atoms with Crippen LogP contribution in [0.15, 0.2) is 12.1 Å². The maximum Gasteiger partial charge on any atom is 0.0860 e. The summed E-state index contributed by atoms with van der Waals surface area (Å²) in [4.78, 5) is 6.25. The van der Waals surface area contributed by atoms with E-state index in [0.29, 0.717) is 11.8 Å². The highest BCUT2D eigenvalue weighted by Gasteiger charge is 2.48. The number of aromatic nitrogens is 2. The first kappa shape index (κ1) is 28.5. The Kier molecular flexibility index (Phi) is 9.16. The highest BCUT2D eigenvalue weighted by molar-refractivity contribution is 7.22. The number of nitrogens with zero attached hydrogens (tertiary/aromatic N) is 2. The van der Waals surface area contributed by atoms with Gasteiger partial charge >= 0.3 is 0 Å². The van der Waals surface area contributed by atoms with Gasteiger partial charge in [0.15, 0.2) is 0 Å². The molecule has 0 saturated heterocycles. The van der Waals surface area contributed by atoms with Crippen molar-refractivity contribution < 1.29 is 0 Å². The van der Waals surface area contributed by atoms with E-state index in [1.54, 1.807) is 25.8 Å². The predicted molar refractivity (Wildman–Crippen MR) is 168 cm³/mol. The Bertz CT molecular complexity index is 1180. The summed E-state index contributed by atoms with van der Waals surface area (Å²) in [5.41, 5.74) is 6.11. The highest BCUT2D eigenvalue weighted by Crippen LogP contribution is 2.62. The number of unbranched alkanes of at least 4 members (excludes halogenated alkanes) is 2. The van der Waals surface area contributed by atoms with Crippen LogP contribution in [0.5, 0.6) is 0 Å². The van der Waals surface area contributed by atoms with Gasteiger partial charge in [-0.3, -0.25) is 0 Å². The van der Waals surface area contributed by atoms with Gasteiger partial charge in [0.1, 0.15) is 0 Å². The topological polar surface area (TPSA) is 25.8 Å². The maximum atomic E-state index is 4.86. The van der Waals surface area contributed by atoms with Crippen molar-refractivity contribution in [1.82, 2.24) is 8.75 Å². The Labute approximate surface area is 244 Å². The third-order valence-electron chi connectivity index (χ3n) is 9.77. The molecule has 3 heterocycles. The van der Waals surface area contributed by atoms with Crippen molar-refractivity contribution >= 4 is 34.4 Å². The van der Waals surface area contributed by atoms with E-state index in [0.717, 1.165) is 11.8 Å². The predicted octanol–water partition coefficient (Wildman–Crippen LogP) is 11.5. The van der Waals surface area contributed by atoms with Gasteiger partial charge in [0, 0.05) is 36.8 Å². The smallest absolute Gasteiger partial charge is 0.0860 e. The van der Waals surface area contributed by atoms with E-state index in [9.17, 15) is 0 Å². The quantitative estimate of drug-likeness (QED) is 0.205. The number of hydrogen-bond donors (Lipinski definition) is 0. The van der Waals surface area contributed by atoms with Crippen LogP contribution >= 0.6 is 34.4 Å². The minimum atomic E-state index is 0.179. The molecule has 4 atom stereocenters. The zero-order valence-corrected chi connectivity index (χ0v) is 27.0. The van der Waals surface area contributed by atoms with Crippen molar-refractivity contribution in [2.45, 2.75) is 136 Å². The molecule has 0 saturated carbocycles. The Morgan fingerprint density at radius 2 is 1.45 bits per heavy atom. The van der Waals surface area contributed by atoms with Gasteiger partial charge in [-0.05, 0) is 67.7 Å². The van der Waals surface area contributed by atoms with Crippen molar-refractivity contribution in [2.75, 3.05) is 0 Å². The molecular weight excluding hydrogens is 521 g/mol. The average Bonchev–Trinajstić information content (AvgIpc) is 3.69. The van der Waals surface area contributed by atoms with Crippen LogP contribution in [0.25, 0.3) is 9.75 Å². The second-order valence-corrected chi connectivity index (χ2v) is 15.2. The number of aryl methyl sites for hydroxylation is 1. The Hall–Kier alpha value is -1.04. The summed E-state index contributed by atoms with van der Waals surface area (Å²) in [5, 5.41) is 0. The molecule has 2 aliphatic carbocycles. The Morgan fingerprint density at radius 3 is 2.08 bits per heavy atom. The first-order chi connectivity index (χ1) is 18.4. The minimum Gasteiger partial charge on any atom is -0.178 e. The Balaban J connectivity index is 1.62. The summed E-state index contributed by atoms with van der Waals surface area (Å²) in [5.74, 6) is 2.57. The van der Waals surface area contributed by atoms with E-state index in [-0.39, 0.29) is 5.41 Å². The average molecular weight is 569 g/mol. The lowest BCUT2D eigenvalue weighted by atomic mass is 9.65. The second-order valence-electron chi connectivity index (χ2n) is 12.4. The monoisotopic (exact) mass is 568 g/mol. The van der Waals surface area contributed by atoms with E-state index < -0.39 is 0 Å². The molecule has 3 aromatic rings. The van der Waals surface area contributed by atoms with Crippen LogP contribution in [0.1, 0.15) is 156 Å². The van der Waals surface area contributed by atoms with Crippen molar-refractivity contribution in [3.8, 4) is 9.75 Å². The molecule has 208 valence electrons. The number of thiophene rings is 2. The molecule has 0 aromatic carbocycles. The highest BCUT2D eigenvalue weighted by atomic mass is 32.1. The summed E-state index contributed by atoms with van der Waals surface area (Å²) in [7, 11) is 0. The van der Waals surface area contributed by atoms with E-state index in [1.165, 1.54) is 105 Å². The molecule has 0 bridgehead atoms. The fourth-order valence-electron chi connectivity index (χ4n) is 7.44. The van der Waals surface area contributed by atoms with Gasteiger partial charge in [-0.2, -0.15) is 8.75 Å². The van der Waals surface area contributed by atoms with Gasteiger partial charge in [0.05, 0.1) is 23.1 Å². The van der Waals surface area contributed by atoms with Crippen molar-refractivity contribution in [1.29, 1.82) is 0 Å². The molecule has 5 heteroatoms. The molecule has 2 aliphatic rings. The zero-order chi connectivity index (χ0) is 26.9.